The molecule has 0 aromatic rings. The van der Waals surface area contributed by atoms with Crippen LogP contribution in [0.1, 0.15) is 91.4 Å². The van der Waals surface area contributed by atoms with Crippen LogP contribution in [0.15, 0.2) is 4.99 Å². The van der Waals surface area contributed by atoms with Gasteiger partial charge in [-0.2, -0.15) is 0 Å². The van der Waals surface area contributed by atoms with Gasteiger partial charge < -0.3 is 9.47 Å². The summed E-state index contributed by atoms with van der Waals surface area (Å²) in [6, 6.07) is 0. The molecule has 2 rings (SSSR count). The van der Waals surface area contributed by atoms with Crippen LogP contribution in [0.5, 0.6) is 0 Å². The van der Waals surface area contributed by atoms with Crippen LogP contribution in [0.25, 0.3) is 0 Å². The largest absolute Gasteiger partial charge is 0.477 e. The van der Waals surface area contributed by atoms with Gasteiger partial charge in [-0.25, -0.2) is 0 Å². The highest BCUT2D eigenvalue weighted by Crippen LogP contribution is 2.45. The molecule has 0 spiro atoms. The SMILES string of the molecule is CCCCC(CCC)(C1=NCCCCC(CC)O1)C1CCOCC1. The summed E-state index contributed by atoms with van der Waals surface area (Å²) >= 11 is 0. The number of aliphatic imine (C=N–C) groups is 1. The monoisotopic (exact) mass is 337 g/mol. The lowest BCUT2D eigenvalue weighted by Crippen LogP contribution is -2.44. The third-order valence-corrected chi connectivity index (χ3v) is 6.02. The molecule has 2 aliphatic rings. The number of ether oxygens (including phenoxy) is 2. The zero-order chi connectivity index (χ0) is 17.3. The molecule has 3 nitrogen and oxygen atoms in total. The van der Waals surface area contributed by atoms with Crippen molar-refractivity contribution in [2.75, 3.05) is 19.8 Å². The summed E-state index contributed by atoms with van der Waals surface area (Å²) in [6.45, 7) is 9.65. The summed E-state index contributed by atoms with van der Waals surface area (Å²) in [5, 5.41) is 0. The molecule has 3 heteroatoms. The first-order valence-corrected chi connectivity index (χ1v) is 10.6. The molecule has 0 aromatic heterocycles. The highest BCUT2D eigenvalue weighted by Gasteiger charge is 2.44. The van der Waals surface area contributed by atoms with Gasteiger partial charge in [0, 0.05) is 25.2 Å². The summed E-state index contributed by atoms with van der Waals surface area (Å²) < 4.78 is 12.3. The standard InChI is InChI=1S/C21H39NO2/c1-4-7-14-21(13-5-2,18-11-16-23-17-12-18)20-22-15-9-8-10-19(6-3)24-20/h18-19H,4-17H2,1-3H3. The molecule has 140 valence electrons. The second-order valence-electron chi connectivity index (χ2n) is 7.73. The van der Waals surface area contributed by atoms with E-state index in [-0.39, 0.29) is 5.41 Å². The van der Waals surface area contributed by atoms with Crippen molar-refractivity contribution < 1.29 is 9.47 Å². The molecule has 0 bridgehead atoms. The molecular weight excluding hydrogens is 298 g/mol. The van der Waals surface area contributed by atoms with E-state index >= 15 is 0 Å². The fourth-order valence-corrected chi connectivity index (χ4v) is 4.59. The molecule has 1 fully saturated rings. The number of rotatable bonds is 8. The molecule has 2 heterocycles. The third kappa shape index (κ3) is 4.97. The van der Waals surface area contributed by atoms with E-state index in [9.17, 15) is 0 Å². The number of hydrogen-bond donors (Lipinski definition) is 0. The number of nitrogens with zero attached hydrogens (tertiary/aromatic N) is 1. The van der Waals surface area contributed by atoms with Crippen molar-refractivity contribution in [1.82, 2.24) is 0 Å². The van der Waals surface area contributed by atoms with Gasteiger partial charge in [-0.05, 0) is 57.3 Å². The first kappa shape index (κ1) is 19.8. The van der Waals surface area contributed by atoms with Crippen LogP contribution < -0.4 is 0 Å². The molecule has 2 aliphatic heterocycles. The Balaban J connectivity index is 2.32. The van der Waals surface area contributed by atoms with Gasteiger partial charge in [0.15, 0.2) is 5.90 Å². The van der Waals surface area contributed by atoms with Crippen LogP contribution >= 0.6 is 0 Å². The Hall–Kier alpha value is -0.570. The summed E-state index contributed by atoms with van der Waals surface area (Å²) in [6.07, 6.45) is 13.6. The van der Waals surface area contributed by atoms with Gasteiger partial charge in [0.25, 0.3) is 0 Å². The smallest absolute Gasteiger partial charge is 0.190 e. The Bertz CT molecular complexity index is 376. The van der Waals surface area contributed by atoms with E-state index < -0.39 is 0 Å². The van der Waals surface area contributed by atoms with Crippen molar-refractivity contribution >= 4 is 5.90 Å². The molecular formula is C21H39NO2. The Morgan fingerprint density at radius 2 is 1.79 bits per heavy atom. The quantitative estimate of drug-likeness (QED) is 0.563. The van der Waals surface area contributed by atoms with Gasteiger partial charge in [0.05, 0.1) is 6.10 Å². The maximum absolute atomic E-state index is 6.62. The van der Waals surface area contributed by atoms with Crippen LogP contribution in [-0.4, -0.2) is 31.8 Å². The zero-order valence-corrected chi connectivity index (χ0v) is 16.3. The van der Waals surface area contributed by atoms with Gasteiger partial charge in [-0.3, -0.25) is 4.99 Å². The van der Waals surface area contributed by atoms with Gasteiger partial charge in [-0.15, -0.1) is 0 Å². The third-order valence-electron chi connectivity index (χ3n) is 6.02. The normalized spacial score (nSPS) is 26.0. The Morgan fingerprint density at radius 1 is 1.00 bits per heavy atom. The molecule has 24 heavy (non-hydrogen) atoms. The molecule has 2 unspecified atom stereocenters. The first-order valence-electron chi connectivity index (χ1n) is 10.6. The zero-order valence-electron chi connectivity index (χ0n) is 16.3. The minimum absolute atomic E-state index is 0.152. The van der Waals surface area contributed by atoms with E-state index in [0.29, 0.717) is 12.0 Å². The Labute approximate surface area is 149 Å². The van der Waals surface area contributed by atoms with E-state index in [2.05, 4.69) is 20.8 Å². The molecule has 0 radical (unpaired) electrons. The molecule has 2 atom stereocenters. The molecule has 1 saturated heterocycles. The molecule has 0 amide bonds. The fraction of sp³-hybridized carbons (Fsp3) is 0.952. The van der Waals surface area contributed by atoms with Crippen LogP contribution in [0, 0.1) is 11.3 Å². The second kappa shape index (κ2) is 10.4. The second-order valence-corrected chi connectivity index (χ2v) is 7.73. The van der Waals surface area contributed by atoms with Crippen LogP contribution in [-0.2, 0) is 9.47 Å². The number of unbranched alkanes of at least 4 members (excludes halogenated alkanes) is 1. The lowest BCUT2D eigenvalue weighted by molar-refractivity contribution is 0.0119. The highest BCUT2D eigenvalue weighted by atomic mass is 16.5. The minimum atomic E-state index is 0.152. The predicted octanol–water partition coefficient (Wildman–Crippen LogP) is 5.77. The van der Waals surface area contributed by atoms with Gasteiger partial charge in [0.2, 0.25) is 0 Å². The highest BCUT2D eigenvalue weighted by molar-refractivity contribution is 5.83. The fourth-order valence-electron chi connectivity index (χ4n) is 4.59. The summed E-state index contributed by atoms with van der Waals surface area (Å²) in [4.78, 5) is 5.05. The summed E-state index contributed by atoms with van der Waals surface area (Å²) in [5.74, 6) is 1.80. The van der Waals surface area contributed by atoms with Gasteiger partial charge in [-0.1, -0.05) is 40.0 Å². The molecule has 0 aliphatic carbocycles. The van der Waals surface area contributed by atoms with Gasteiger partial charge in [0.1, 0.15) is 0 Å². The van der Waals surface area contributed by atoms with Crippen molar-refractivity contribution in [2.24, 2.45) is 16.3 Å². The number of hydrogen-bond acceptors (Lipinski definition) is 3. The van der Waals surface area contributed by atoms with Gasteiger partial charge >= 0.3 is 0 Å². The average molecular weight is 338 g/mol. The lowest BCUT2D eigenvalue weighted by Gasteiger charge is -2.44. The van der Waals surface area contributed by atoms with E-state index in [0.717, 1.165) is 32.1 Å². The van der Waals surface area contributed by atoms with Crippen molar-refractivity contribution in [3.8, 4) is 0 Å². The predicted molar refractivity (Wildman–Crippen MR) is 102 cm³/mol. The summed E-state index contributed by atoms with van der Waals surface area (Å²) in [7, 11) is 0. The van der Waals surface area contributed by atoms with Crippen molar-refractivity contribution in [2.45, 2.75) is 97.5 Å². The maximum Gasteiger partial charge on any atom is 0.190 e. The van der Waals surface area contributed by atoms with E-state index in [1.54, 1.807) is 0 Å². The first-order chi connectivity index (χ1) is 11.8. The summed E-state index contributed by atoms with van der Waals surface area (Å²) in [5.41, 5.74) is 0.152. The van der Waals surface area contributed by atoms with E-state index in [4.69, 9.17) is 14.5 Å². The van der Waals surface area contributed by atoms with Crippen LogP contribution in [0.2, 0.25) is 0 Å². The topological polar surface area (TPSA) is 30.8 Å². The lowest BCUT2D eigenvalue weighted by atomic mass is 9.65. The van der Waals surface area contributed by atoms with E-state index in [1.165, 1.54) is 64.2 Å². The van der Waals surface area contributed by atoms with Crippen molar-refractivity contribution in [3.05, 3.63) is 0 Å². The van der Waals surface area contributed by atoms with E-state index in [1.807, 2.05) is 0 Å². The van der Waals surface area contributed by atoms with Crippen LogP contribution in [0.3, 0.4) is 0 Å². The maximum atomic E-state index is 6.62. The van der Waals surface area contributed by atoms with Crippen molar-refractivity contribution in [1.29, 1.82) is 0 Å². The Morgan fingerprint density at radius 3 is 2.46 bits per heavy atom. The molecule has 0 saturated carbocycles. The molecule has 0 N–H and O–H groups in total. The average Bonchev–Trinajstić information content (AvgIpc) is 2.60. The molecule has 0 aromatic carbocycles. The van der Waals surface area contributed by atoms with Crippen molar-refractivity contribution in [3.63, 3.8) is 0 Å². The van der Waals surface area contributed by atoms with Crippen LogP contribution in [0.4, 0.5) is 0 Å². The Kier molecular flexibility index (Phi) is 8.58. The minimum Gasteiger partial charge on any atom is -0.477 e.